The highest BCUT2D eigenvalue weighted by molar-refractivity contribution is 9.10. The first-order valence-electron chi connectivity index (χ1n) is 4.77. The van der Waals surface area contributed by atoms with Crippen molar-refractivity contribution in [2.75, 3.05) is 0 Å². The molecule has 0 saturated heterocycles. The Bertz CT molecular complexity index is 654. The van der Waals surface area contributed by atoms with Crippen molar-refractivity contribution in [1.29, 1.82) is 0 Å². The SMILES string of the molecule is O=[N+]([O-])c1ccc(Cl)cc1Oc1ncnc(Cl)c1Br. The van der Waals surface area contributed by atoms with Gasteiger partial charge < -0.3 is 4.74 Å². The summed E-state index contributed by atoms with van der Waals surface area (Å²) >= 11 is 14.7. The number of aromatic nitrogens is 2. The van der Waals surface area contributed by atoms with Crippen LogP contribution < -0.4 is 4.74 Å². The molecule has 0 spiro atoms. The van der Waals surface area contributed by atoms with Gasteiger partial charge in [0.25, 0.3) is 0 Å². The van der Waals surface area contributed by atoms with E-state index >= 15 is 0 Å². The van der Waals surface area contributed by atoms with Gasteiger partial charge in [-0.25, -0.2) is 9.97 Å². The van der Waals surface area contributed by atoms with Crippen LogP contribution in [0, 0.1) is 10.1 Å². The van der Waals surface area contributed by atoms with Crippen molar-refractivity contribution in [2.45, 2.75) is 0 Å². The lowest BCUT2D eigenvalue weighted by atomic mass is 10.3. The van der Waals surface area contributed by atoms with Crippen LogP contribution in [0.1, 0.15) is 0 Å². The molecule has 19 heavy (non-hydrogen) atoms. The normalized spacial score (nSPS) is 10.3. The van der Waals surface area contributed by atoms with E-state index < -0.39 is 4.92 Å². The summed E-state index contributed by atoms with van der Waals surface area (Å²) in [6, 6.07) is 3.96. The van der Waals surface area contributed by atoms with Gasteiger partial charge in [0.1, 0.15) is 10.8 Å². The molecule has 1 aromatic carbocycles. The van der Waals surface area contributed by atoms with Gasteiger partial charge >= 0.3 is 5.69 Å². The first kappa shape index (κ1) is 14.0. The number of nitro groups is 1. The number of nitrogens with zero attached hydrogens (tertiary/aromatic N) is 3. The molecular weight excluding hydrogens is 361 g/mol. The van der Waals surface area contributed by atoms with E-state index in [9.17, 15) is 10.1 Å². The maximum Gasteiger partial charge on any atom is 0.311 e. The molecule has 0 atom stereocenters. The van der Waals surface area contributed by atoms with Crippen molar-refractivity contribution < 1.29 is 9.66 Å². The van der Waals surface area contributed by atoms with Crippen LogP contribution in [-0.4, -0.2) is 14.9 Å². The summed E-state index contributed by atoms with van der Waals surface area (Å²) in [5.41, 5.74) is -0.231. The molecule has 0 unspecified atom stereocenters. The van der Waals surface area contributed by atoms with Crippen molar-refractivity contribution in [1.82, 2.24) is 9.97 Å². The largest absolute Gasteiger partial charge is 0.430 e. The van der Waals surface area contributed by atoms with Crippen molar-refractivity contribution in [3.8, 4) is 11.6 Å². The van der Waals surface area contributed by atoms with Crippen LogP contribution in [0.3, 0.4) is 0 Å². The topological polar surface area (TPSA) is 78.2 Å². The van der Waals surface area contributed by atoms with E-state index in [1.165, 1.54) is 24.5 Å². The van der Waals surface area contributed by atoms with E-state index in [1.54, 1.807) is 0 Å². The van der Waals surface area contributed by atoms with Crippen molar-refractivity contribution >= 4 is 44.8 Å². The summed E-state index contributed by atoms with van der Waals surface area (Å²) in [4.78, 5) is 17.9. The maximum absolute atomic E-state index is 10.9. The number of ether oxygens (including phenoxy) is 1. The minimum absolute atomic E-state index is 0.0343. The highest BCUT2D eigenvalue weighted by Crippen LogP contribution is 2.37. The Labute approximate surface area is 125 Å². The van der Waals surface area contributed by atoms with E-state index in [-0.39, 0.29) is 22.5 Å². The third kappa shape index (κ3) is 3.12. The predicted octanol–water partition coefficient (Wildman–Crippen LogP) is 4.25. The second-order valence-corrected chi connectivity index (χ2v) is 4.84. The second kappa shape index (κ2) is 5.68. The smallest absolute Gasteiger partial charge is 0.311 e. The fraction of sp³-hybridized carbons (Fsp3) is 0. The lowest BCUT2D eigenvalue weighted by molar-refractivity contribution is -0.385. The monoisotopic (exact) mass is 363 g/mol. The van der Waals surface area contributed by atoms with E-state index in [0.717, 1.165) is 0 Å². The molecule has 9 heteroatoms. The number of halogens is 3. The van der Waals surface area contributed by atoms with Crippen LogP contribution >= 0.6 is 39.1 Å². The lowest BCUT2D eigenvalue weighted by Crippen LogP contribution is -1.96. The Morgan fingerprint density at radius 3 is 2.74 bits per heavy atom. The molecule has 0 saturated carbocycles. The molecule has 0 bridgehead atoms. The summed E-state index contributed by atoms with van der Waals surface area (Å²) in [5, 5.41) is 11.3. The molecule has 0 fully saturated rings. The zero-order valence-electron chi connectivity index (χ0n) is 9.01. The minimum Gasteiger partial charge on any atom is -0.430 e. The van der Waals surface area contributed by atoms with Gasteiger partial charge in [-0.05, 0) is 22.0 Å². The first-order chi connectivity index (χ1) is 8.99. The van der Waals surface area contributed by atoms with Gasteiger partial charge in [0.15, 0.2) is 5.15 Å². The molecule has 1 heterocycles. The second-order valence-electron chi connectivity index (χ2n) is 3.25. The fourth-order valence-corrected chi connectivity index (χ4v) is 1.80. The molecule has 98 valence electrons. The number of hydrogen-bond donors (Lipinski definition) is 0. The maximum atomic E-state index is 10.9. The molecule has 1 aromatic heterocycles. The third-order valence-electron chi connectivity index (χ3n) is 2.04. The van der Waals surface area contributed by atoms with Gasteiger partial charge in [0, 0.05) is 17.2 Å². The van der Waals surface area contributed by atoms with Gasteiger partial charge in [-0.15, -0.1) is 0 Å². The van der Waals surface area contributed by atoms with Gasteiger partial charge in [0.05, 0.1) is 4.92 Å². The highest BCUT2D eigenvalue weighted by atomic mass is 79.9. The molecule has 6 nitrogen and oxygen atoms in total. The van der Waals surface area contributed by atoms with Crippen LogP contribution in [0.4, 0.5) is 5.69 Å². The predicted molar refractivity (Wildman–Crippen MR) is 72.9 cm³/mol. The number of rotatable bonds is 3. The standard InChI is InChI=1S/C10H4BrCl2N3O3/c11-8-9(13)14-4-15-10(8)19-7-3-5(12)1-2-6(7)16(17)18/h1-4H. The summed E-state index contributed by atoms with van der Waals surface area (Å²) in [7, 11) is 0. The zero-order valence-corrected chi connectivity index (χ0v) is 12.1. The van der Waals surface area contributed by atoms with Crippen LogP contribution in [-0.2, 0) is 0 Å². The molecule has 0 N–H and O–H groups in total. The zero-order chi connectivity index (χ0) is 14.0. The van der Waals surface area contributed by atoms with Gasteiger partial charge in [0.2, 0.25) is 11.6 Å². The number of hydrogen-bond acceptors (Lipinski definition) is 5. The van der Waals surface area contributed by atoms with Crippen LogP contribution in [0.2, 0.25) is 10.2 Å². The Hall–Kier alpha value is -1.44. The Balaban J connectivity index is 2.45. The van der Waals surface area contributed by atoms with Gasteiger partial charge in [-0.2, -0.15) is 0 Å². The molecule has 2 aromatic rings. The molecule has 0 aliphatic rings. The molecular formula is C10H4BrCl2N3O3. The van der Waals surface area contributed by atoms with E-state index in [4.69, 9.17) is 27.9 Å². The average Bonchev–Trinajstić information content (AvgIpc) is 2.35. The first-order valence-corrected chi connectivity index (χ1v) is 6.31. The Morgan fingerprint density at radius 1 is 1.32 bits per heavy atom. The van der Waals surface area contributed by atoms with Crippen molar-refractivity contribution in [3.63, 3.8) is 0 Å². The van der Waals surface area contributed by atoms with E-state index in [2.05, 4.69) is 25.9 Å². The Kier molecular flexibility index (Phi) is 4.18. The number of benzene rings is 1. The summed E-state index contributed by atoms with van der Waals surface area (Å²) < 4.78 is 5.65. The van der Waals surface area contributed by atoms with Crippen LogP contribution in [0.5, 0.6) is 11.6 Å². The lowest BCUT2D eigenvalue weighted by Gasteiger charge is -2.07. The summed E-state index contributed by atoms with van der Waals surface area (Å²) in [5.74, 6) is 0.0262. The molecule has 0 amide bonds. The molecule has 2 rings (SSSR count). The molecule has 0 aliphatic heterocycles. The number of nitro benzene ring substituents is 1. The molecule has 0 aliphatic carbocycles. The van der Waals surface area contributed by atoms with Crippen molar-refractivity contribution in [3.05, 3.63) is 49.3 Å². The molecule has 0 radical (unpaired) electrons. The van der Waals surface area contributed by atoms with Crippen LogP contribution in [0.15, 0.2) is 29.0 Å². The quantitative estimate of drug-likeness (QED) is 0.462. The highest BCUT2D eigenvalue weighted by Gasteiger charge is 2.18. The average molecular weight is 365 g/mol. The summed E-state index contributed by atoms with van der Waals surface area (Å²) in [6.45, 7) is 0. The van der Waals surface area contributed by atoms with Gasteiger partial charge in [-0.1, -0.05) is 23.2 Å². The third-order valence-corrected chi connectivity index (χ3v) is 3.50. The van der Waals surface area contributed by atoms with E-state index in [0.29, 0.717) is 9.50 Å². The fourth-order valence-electron chi connectivity index (χ4n) is 1.23. The van der Waals surface area contributed by atoms with E-state index in [1.807, 2.05) is 0 Å². The van der Waals surface area contributed by atoms with Crippen molar-refractivity contribution in [2.24, 2.45) is 0 Å². The van der Waals surface area contributed by atoms with Crippen LogP contribution in [0.25, 0.3) is 0 Å². The van der Waals surface area contributed by atoms with Gasteiger partial charge in [-0.3, -0.25) is 10.1 Å². The summed E-state index contributed by atoms with van der Waals surface area (Å²) in [6.07, 6.45) is 1.18. The Morgan fingerprint density at radius 2 is 2.05 bits per heavy atom. The minimum atomic E-state index is -0.581.